The average Bonchev–Trinajstić information content (AvgIpc) is 3.20. The number of hydrogen-bond donors (Lipinski definition) is 2. The van der Waals surface area contributed by atoms with Crippen molar-refractivity contribution in [3.63, 3.8) is 0 Å². The van der Waals surface area contributed by atoms with Gasteiger partial charge in [-0.25, -0.2) is 0 Å². The molecule has 0 spiro atoms. The van der Waals surface area contributed by atoms with Crippen LogP contribution in [0.1, 0.15) is 12.0 Å². The van der Waals surface area contributed by atoms with Gasteiger partial charge in [-0.2, -0.15) is 0 Å². The van der Waals surface area contributed by atoms with Crippen LogP contribution in [0.4, 0.5) is 5.69 Å². The molecule has 1 saturated heterocycles. The molecule has 126 valence electrons. The molecule has 1 atom stereocenters. The van der Waals surface area contributed by atoms with Crippen molar-refractivity contribution in [1.29, 1.82) is 0 Å². The maximum Gasteiger partial charge on any atom is 0.249 e. The summed E-state index contributed by atoms with van der Waals surface area (Å²) in [7, 11) is 0. The predicted molar refractivity (Wildman–Crippen MR) is 97.3 cm³/mol. The second kappa shape index (κ2) is 6.43. The molecule has 1 aromatic heterocycles. The molecule has 2 aromatic carbocycles. The van der Waals surface area contributed by atoms with Crippen molar-refractivity contribution in [2.24, 2.45) is 0 Å². The van der Waals surface area contributed by atoms with E-state index in [4.69, 9.17) is 0 Å². The van der Waals surface area contributed by atoms with E-state index in [1.54, 1.807) is 4.90 Å². The lowest BCUT2D eigenvalue weighted by molar-refractivity contribution is -0.126. The number of benzene rings is 2. The molecular weight excluding hydrogens is 314 g/mol. The molecule has 1 aliphatic rings. The van der Waals surface area contributed by atoms with Crippen LogP contribution in [0.15, 0.2) is 60.8 Å². The highest BCUT2D eigenvalue weighted by atomic mass is 16.2. The second-order valence-corrected chi connectivity index (χ2v) is 6.27. The maximum atomic E-state index is 12.6. The minimum Gasteiger partial charge on any atom is -0.361 e. The predicted octanol–water partition coefficient (Wildman–Crippen LogP) is 2.63. The minimum absolute atomic E-state index is 0.0431. The van der Waals surface area contributed by atoms with Gasteiger partial charge in [0.25, 0.3) is 0 Å². The van der Waals surface area contributed by atoms with Gasteiger partial charge in [-0.05, 0) is 30.2 Å². The Kier molecular flexibility index (Phi) is 3.98. The number of H-pyrrole nitrogens is 1. The lowest BCUT2D eigenvalue weighted by Gasteiger charge is -2.17. The van der Waals surface area contributed by atoms with Crippen LogP contribution in [0, 0.1) is 0 Å². The third-order valence-electron chi connectivity index (χ3n) is 4.63. The molecule has 5 heteroatoms. The number of anilines is 1. The maximum absolute atomic E-state index is 12.6. The van der Waals surface area contributed by atoms with Crippen molar-refractivity contribution in [2.75, 3.05) is 11.4 Å². The molecule has 4 rings (SSSR count). The zero-order chi connectivity index (χ0) is 17.2. The molecule has 2 amide bonds. The Morgan fingerprint density at radius 3 is 2.72 bits per heavy atom. The molecule has 0 saturated carbocycles. The number of rotatable bonds is 4. The summed E-state index contributed by atoms with van der Waals surface area (Å²) < 4.78 is 0. The Bertz CT molecular complexity index is 917. The highest BCUT2D eigenvalue weighted by Gasteiger charge is 2.33. The van der Waals surface area contributed by atoms with E-state index in [1.807, 2.05) is 60.8 Å². The van der Waals surface area contributed by atoms with Crippen LogP contribution in [0.3, 0.4) is 0 Å². The standard InChI is InChI=1S/C20H19N3O2/c24-19(12-14-13-21-17-9-5-4-8-16(14)17)22-18-10-11-23(20(18)25)15-6-2-1-3-7-15/h1-9,13,18,21H,10-12H2,(H,22,24)/t18-/m0/s1. The van der Waals surface area contributed by atoms with E-state index < -0.39 is 6.04 Å². The first-order valence-electron chi connectivity index (χ1n) is 8.43. The van der Waals surface area contributed by atoms with Crippen LogP contribution in [0.5, 0.6) is 0 Å². The van der Waals surface area contributed by atoms with Crippen molar-refractivity contribution >= 4 is 28.4 Å². The summed E-state index contributed by atoms with van der Waals surface area (Å²) in [6.45, 7) is 0.626. The number of nitrogens with one attached hydrogen (secondary N) is 2. The summed E-state index contributed by atoms with van der Waals surface area (Å²) >= 11 is 0. The third-order valence-corrected chi connectivity index (χ3v) is 4.63. The Labute approximate surface area is 145 Å². The minimum atomic E-state index is -0.446. The van der Waals surface area contributed by atoms with E-state index in [9.17, 15) is 9.59 Å². The van der Waals surface area contributed by atoms with Crippen LogP contribution in [0.2, 0.25) is 0 Å². The smallest absolute Gasteiger partial charge is 0.249 e. The first-order chi connectivity index (χ1) is 12.2. The number of amides is 2. The fourth-order valence-corrected chi connectivity index (χ4v) is 3.37. The summed E-state index contributed by atoms with van der Waals surface area (Å²) in [6.07, 6.45) is 2.75. The van der Waals surface area contributed by atoms with Gasteiger partial charge >= 0.3 is 0 Å². The summed E-state index contributed by atoms with van der Waals surface area (Å²) in [5.74, 6) is -0.170. The summed E-state index contributed by atoms with van der Waals surface area (Å²) in [5.41, 5.74) is 2.83. The molecule has 3 aromatic rings. The molecule has 2 N–H and O–H groups in total. The van der Waals surface area contributed by atoms with Crippen molar-refractivity contribution < 1.29 is 9.59 Å². The summed E-state index contributed by atoms with van der Waals surface area (Å²) in [5, 5.41) is 3.93. The van der Waals surface area contributed by atoms with E-state index in [1.165, 1.54) is 0 Å². The number of carbonyl (C=O) groups excluding carboxylic acids is 2. The Morgan fingerprint density at radius 1 is 1.12 bits per heavy atom. The highest BCUT2D eigenvalue weighted by Crippen LogP contribution is 2.22. The molecule has 1 aliphatic heterocycles. The van der Waals surface area contributed by atoms with Crippen LogP contribution in [0.25, 0.3) is 10.9 Å². The molecule has 0 radical (unpaired) electrons. The molecule has 0 unspecified atom stereocenters. The van der Waals surface area contributed by atoms with Crippen LogP contribution in [-0.4, -0.2) is 29.4 Å². The normalized spacial score (nSPS) is 17.2. The molecule has 1 fully saturated rings. The molecule has 2 heterocycles. The number of hydrogen-bond acceptors (Lipinski definition) is 2. The molecule has 0 aliphatic carbocycles. The Morgan fingerprint density at radius 2 is 1.88 bits per heavy atom. The number of fused-ring (bicyclic) bond motifs is 1. The van der Waals surface area contributed by atoms with Crippen LogP contribution < -0.4 is 10.2 Å². The van der Waals surface area contributed by atoms with Crippen molar-refractivity contribution in [3.05, 3.63) is 66.4 Å². The van der Waals surface area contributed by atoms with Gasteiger partial charge in [0.2, 0.25) is 11.8 Å². The Balaban J connectivity index is 1.42. The van der Waals surface area contributed by atoms with E-state index in [2.05, 4.69) is 10.3 Å². The van der Waals surface area contributed by atoms with Gasteiger partial charge in [-0.15, -0.1) is 0 Å². The lowest BCUT2D eigenvalue weighted by atomic mass is 10.1. The van der Waals surface area contributed by atoms with Gasteiger partial charge < -0.3 is 15.2 Å². The molecule has 0 bridgehead atoms. The first-order valence-corrected chi connectivity index (χ1v) is 8.43. The monoisotopic (exact) mass is 333 g/mol. The topological polar surface area (TPSA) is 65.2 Å². The van der Waals surface area contributed by atoms with Crippen molar-refractivity contribution in [2.45, 2.75) is 18.9 Å². The third kappa shape index (κ3) is 3.01. The summed E-state index contributed by atoms with van der Waals surface area (Å²) in [4.78, 5) is 29.9. The van der Waals surface area contributed by atoms with Gasteiger partial charge in [0.05, 0.1) is 6.42 Å². The first kappa shape index (κ1) is 15.4. The van der Waals surface area contributed by atoms with E-state index >= 15 is 0 Å². The molecule has 5 nitrogen and oxygen atoms in total. The number of aromatic amines is 1. The van der Waals surface area contributed by atoms with E-state index in [0.29, 0.717) is 13.0 Å². The lowest BCUT2D eigenvalue weighted by Crippen LogP contribution is -2.42. The summed E-state index contributed by atoms with van der Waals surface area (Å²) in [6, 6.07) is 17.0. The quantitative estimate of drug-likeness (QED) is 0.771. The largest absolute Gasteiger partial charge is 0.361 e. The number of para-hydroxylation sites is 2. The fraction of sp³-hybridized carbons (Fsp3) is 0.200. The van der Waals surface area contributed by atoms with Crippen molar-refractivity contribution in [1.82, 2.24) is 10.3 Å². The molecule has 25 heavy (non-hydrogen) atoms. The fourth-order valence-electron chi connectivity index (χ4n) is 3.37. The van der Waals surface area contributed by atoms with Gasteiger partial charge in [0.15, 0.2) is 0 Å². The number of nitrogens with zero attached hydrogens (tertiary/aromatic N) is 1. The van der Waals surface area contributed by atoms with Crippen molar-refractivity contribution in [3.8, 4) is 0 Å². The van der Waals surface area contributed by atoms with Crippen LogP contribution in [-0.2, 0) is 16.0 Å². The zero-order valence-corrected chi connectivity index (χ0v) is 13.7. The zero-order valence-electron chi connectivity index (χ0n) is 13.7. The second-order valence-electron chi connectivity index (χ2n) is 6.27. The van der Waals surface area contributed by atoms with Gasteiger partial charge in [-0.3, -0.25) is 9.59 Å². The van der Waals surface area contributed by atoms with Gasteiger partial charge in [0.1, 0.15) is 6.04 Å². The highest BCUT2D eigenvalue weighted by molar-refractivity contribution is 6.01. The SMILES string of the molecule is O=C(Cc1c[nH]c2ccccc12)N[C@H]1CCN(c2ccccc2)C1=O. The van der Waals surface area contributed by atoms with Crippen LogP contribution >= 0.6 is 0 Å². The number of aromatic nitrogens is 1. The van der Waals surface area contributed by atoms with Gasteiger partial charge in [0, 0.05) is 29.3 Å². The average molecular weight is 333 g/mol. The number of carbonyl (C=O) groups is 2. The van der Waals surface area contributed by atoms with E-state index in [0.717, 1.165) is 22.2 Å². The molecular formula is C20H19N3O2. The Hall–Kier alpha value is -3.08. The van der Waals surface area contributed by atoms with E-state index in [-0.39, 0.29) is 18.2 Å². The van der Waals surface area contributed by atoms with Gasteiger partial charge in [-0.1, -0.05) is 36.4 Å².